The molecule has 0 aliphatic carbocycles. The quantitative estimate of drug-likeness (QED) is 0.616. The van der Waals surface area contributed by atoms with E-state index in [4.69, 9.17) is 30.8 Å². The maximum Gasteiger partial charge on any atom is 0.292 e. The zero-order valence-corrected chi connectivity index (χ0v) is 16.6. The third-order valence-corrected chi connectivity index (χ3v) is 4.68. The second kappa shape index (κ2) is 8.04. The van der Waals surface area contributed by atoms with Crippen molar-refractivity contribution in [1.82, 2.24) is 9.78 Å². The molecule has 2 heterocycles. The number of fused-ring (bicyclic) bond motifs is 1. The summed E-state index contributed by atoms with van der Waals surface area (Å²) in [5, 5.41) is 4.53. The van der Waals surface area contributed by atoms with E-state index >= 15 is 0 Å². The molecule has 3 aromatic rings. The van der Waals surface area contributed by atoms with Crippen molar-refractivity contribution in [2.45, 2.75) is 20.1 Å². The summed E-state index contributed by atoms with van der Waals surface area (Å²) in [5.41, 5.74) is 2.02. The molecule has 1 aromatic heterocycles. The number of rotatable bonds is 7. The van der Waals surface area contributed by atoms with E-state index in [9.17, 15) is 0 Å². The lowest BCUT2D eigenvalue weighted by Gasteiger charge is -2.13. The molecule has 0 bridgehead atoms. The van der Waals surface area contributed by atoms with Crippen molar-refractivity contribution >= 4 is 12.2 Å². The molecule has 2 aromatic carbocycles. The van der Waals surface area contributed by atoms with Gasteiger partial charge in [0.1, 0.15) is 12.3 Å². The van der Waals surface area contributed by atoms with Crippen LogP contribution in [0.2, 0.25) is 0 Å². The lowest BCUT2D eigenvalue weighted by Crippen LogP contribution is -3.07. The molecule has 7 nitrogen and oxygen atoms in total. The SMILES string of the molecule is CCOc1ccc(C[NH+](C)Cn2nc(-c3ccc4c(c3)OCO4)oc2=S)cc1. The number of nitrogens with one attached hydrogen (secondary N) is 1. The highest BCUT2D eigenvalue weighted by Crippen LogP contribution is 2.35. The van der Waals surface area contributed by atoms with Gasteiger partial charge in [-0.3, -0.25) is 0 Å². The van der Waals surface area contributed by atoms with E-state index in [1.54, 1.807) is 4.68 Å². The van der Waals surface area contributed by atoms with Crippen molar-refractivity contribution in [3.63, 3.8) is 0 Å². The second-order valence-electron chi connectivity index (χ2n) is 6.61. The lowest BCUT2D eigenvalue weighted by atomic mass is 10.2. The maximum absolute atomic E-state index is 5.69. The van der Waals surface area contributed by atoms with Gasteiger partial charge in [-0.2, -0.15) is 4.68 Å². The third-order valence-electron chi connectivity index (χ3n) is 4.39. The summed E-state index contributed by atoms with van der Waals surface area (Å²) in [5.74, 6) is 2.76. The van der Waals surface area contributed by atoms with Gasteiger partial charge in [0.2, 0.25) is 12.7 Å². The molecule has 1 aliphatic heterocycles. The fourth-order valence-electron chi connectivity index (χ4n) is 3.08. The van der Waals surface area contributed by atoms with E-state index in [-0.39, 0.29) is 6.79 Å². The summed E-state index contributed by atoms with van der Waals surface area (Å²) in [6, 6.07) is 13.7. The predicted octanol–water partition coefficient (Wildman–Crippen LogP) is 2.67. The average molecular weight is 400 g/mol. The first-order chi connectivity index (χ1) is 13.6. The first-order valence-electron chi connectivity index (χ1n) is 9.13. The minimum Gasteiger partial charge on any atom is -0.494 e. The Bertz CT molecular complexity index is 1010. The number of hydrogen-bond acceptors (Lipinski definition) is 6. The monoisotopic (exact) mass is 400 g/mol. The topological polar surface area (TPSA) is 63.1 Å². The van der Waals surface area contributed by atoms with Gasteiger partial charge in [-0.05, 0) is 61.6 Å². The first-order valence-corrected chi connectivity index (χ1v) is 9.54. The number of aromatic nitrogens is 2. The summed E-state index contributed by atoms with van der Waals surface area (Å²) in [6.07, 6.45) is 0. The molecule has 0 saturated heterocycles. The van der Waals surface area contributed by atoms with Gasteiger partial charge < -0.3 is 23.5 Å². The Kier molecular flexibility index (Phi) is 5.31. The van der Waals surface area contributed by atoms with E-state index in [2.05, 4.69) is 24.3 Å². The van der Waals surface area contributed by atoms with Crippen molar-refractivity contribution in [3.8, 4) is 28.7 Å². The van der Waals surface area contributed by atoms with Gasteiger partial charge in [0.15, 0.2) is 18.2 Å². The molecule has 0 saturated carbocycles. The molecule has 28 heavy (non-hydrogen) atoms. The van der Waals surface area contributed by atoms with Crippen LogP contribution in [0.3, 0.4) is 0 Å². The molecule has 8 heteroatoms. The van der Waals surface area contributed by atoms with Crippen LogP contribution < -0.4 is 19.1 Å². The van der Waals surface area contributed by atoms with Crippen LogP contribution in [0.4, 0.5) is 0 Å². The molecule has 146 valence electrons. The highest BCUT2D eigenvalue weighted by atomic mass is 32.1. The normalized spacial score (nSPS) is 13.5. The summed E-state index contributed by atoms with van der Waals surface area (Å²) in [6.45, 7) is 4.31. The van der Waals surface area contributed by atoms with E-state index in [0.29, 0.717) is 29.8 Å². The molecule has 0 fully saturated rings. The Balaban J connectivity index is 1.44. The van der Waals surface area contributed by atoms with E-state index < -0.39 is 0 Å². The Labute approximate surface area is 168 Å². The van der Waals surface area contributed by atoms with Gasteiger partial charge in [0.05, 0.1) is 13.7 Å². The number of quaternary nitrogens is 1. The molecule has 0 spiro atoms. The van der Waals surface area contributed by atoms with Crippen LogP contribution in [0, 0.1) is 4.84 Å². The molecule has 1 aliphatic rings. The summed E-state index contributed by atoms with van der Waals surface area (Å²) in [7, 11) is 2.09. The van der Waals surface area contributed by atoms with Crippen molar-refractivity contribution in [3.05, 3.63) is 52.9 Å². The Morgan fingerprint density at radius 3 is 2.71 bits per heavy atom. The molecule has 0 amide bonds. The minimum absolute atomic E-state index is 0.233. The van der Waals surface area contributed by atoms with E-state index in [1.807, 2.05) is 37.3 Å². The number of ether oxygens (including phenoxy) is 3. The fraction of sp³-hybridized carbons (Fsp3) is 0.300. The zero-order chi connectivity index (χ0) is 19.5. The smallest absolute Gasteiger partial charge is 0.292 e. The van der Waals surface area contributed by atoms with Crippen LogP contribution in [0.5, 0.6) is 17.2 Å². The fourth-order valence-corrected chi connectivity index (χ4v) is 3.27. The predicted molar refractivity (Wildman–Crippen MR) is 105 cm³/mol. The highest BCUT2D eigenvalue weighted by molar-refractivity contribution is 7.71. The molecule has 1 N–H and O–H groups in total. The Morgan fingerprint density at radius 2 is 1.93 bits per heavy atom. The van der Waals surface area contributed by atoms with E-state index in [1.165, 1.54) is 10.5 Å². The second-order valence-corrected chi connectivity index (χ2v) is 6.96. The summed E-state index contributed by atoms with van der Waals surface area (Å²) >= 11 is 5.35. The van der Waals surface area contributed by atoms with Crippen molar-refractivity contribution in [2.75, 3.05) is 20.4 Å². The zero-order valence-electron chi connectivity index (χ0n) is 15.8. The molecule has 1 unspecified atom stereocenters. The van der Waals surface area contributed by atoms with Crippen LogP contribution in [0.15, 0.2) is 46.9 Å². The summed E-state index contributed by atoms with van der Waals surface area (Å²) in [4.78, 5) is 1.57. The van der Waals surface area contributed by atoms with Gasteiger partial charge in [-0.1, -0.05) is 0 Å². The van der Waals surface area contributed by atoms with Crippen molar-refractivity contribution in [2.24, 2.45) is 0 Å². The summed E-state index contributed by atoms with van der Waals surface area (Å²) < 4.78 is 23.6. The molecule has 1 atom stereocenters. The molecular weight excluding hydrogens is 378 g/mol. The number of benzene rings is 2. The van der Waals surface area contributed by atoms with Gasteiger partial charge in [-0.15, -0.1) is 5.10 Å². The minimum atomic E-state index is 0.233. The largest absolute Gasteiger partial charge is 0.494 e. The van der Waals surface area contributed by atoms with Gasteiger partial charge in [0.25, 0.3) is 4.84 Å². The molecule has 0 radical (unpaired) electrons. The third kappa shape index (κ3) is 4.02. The van der Waals surface area contributed by atoms with Crippen LogP contribution >= 0.6 is 12.2 Å². The van der Waals surface area contributed by atoms with Crippen molar-refractivity contribution in [1.29, 1.82) is 0 Å². The average Bonchev–Trinajstić information content (AvgIpc) is 3.29. The van der Waals surface area contributed by atoms with Crippen molar-refractivity contribution < 1.29 is 23.5 Å². The van der Waals surface area contributed by atoms with Crippen LogP contribution in [-0.2, 0) is 13.2 Å². The molecule has 4 rings (SSSR count). The lowest BCUT2D eigenvalue weighted by molar-refractivity contribution is -0.917. The van der Waals surface area contributed by atoms with E-state index in [0.717, 1.165) is 23.6 Å². The van der Waals surface area contributed by atoms with Gasteiger partial charge in [0, 0.05) is 11.1 Å². The first kappa shape index (κ1) is 18.5. The molecular formula is C20H22N3O4S+. The Morgan fingerprint density at radius 1 is 1.14 bits per heavy atom. The Hall–Kier alpha value is -2.84. The number of nitrogens with zero attached hydrogens (tertiary/aromatic N) is 2. The highest BCUT2D eigenvalue weighted by Gasteiger charge is 2.17. The van der Waals surface area contributed by atoms with Crippen LogP contribution in [-0.4, -0.2) is 30.2 Å². The van der Waals surface area contributed by atoms with Gasteiger partial charge in [-0.25, -0.2) is 0 Å². The number of hydrogen-bond donors (Lipinski definition) is 1. The van der Waals surface area contributed by atoms with Crippen LogP contribution in [0.25, 0.3) is 11.5 Å². The maximum atomic E-state index is 5.69. The van der Waals surface area contributed by atoms with Gasteiger partial charge >= 0.3 is 0 Å². The van der Waals surface area contributed by atoms with Crippen LogP contribution in [0.1, 0.15) is 12.5 Å². The standard InChI is InChI=1S/C20H21N3O4S/c1-3-24-16-7-4-14(5-8-16)11-22(2)12-23-20(28)27-19(21-23)15-6-9-17-18(10-15)26-13-25-17/h4-10H,3,11-13H2,1-2H3/p+1.